The highest BCUT2D eigenvalue weighted by Gasteiger charge is 2.50. The number of carbonyl (C=O) groups is 1. The standard InChI is InChI=1S/C30H33FNO4.BrH/c31-26-12-14-27(15-13-26)35-21-7-18-32-19-16-23(17-20-32)28(22-32)36-29(33)30(34,24-8-3-1-4-9-24)25-10-5-2-6-11-25;/h1-6,8-15,23,28,34H,7,16-22H2;1H/q+1;/p-1. The van der Waals surface area contributed by atoms with Crippen molar-refractivity contribution >= 4 is 5.97 Å². The number of esters is 1. The summed E-state index contributed by atoms with van der Waals surface area (Å²) in [5, 5.41) is 11.8. The molecule has 3 saturated heterocycles. The third-order valence-electron chi connectivity index (χ3n) is 7.84. The van der Waals surface area contributed by atoms with Crippen LogP contribution in [0.25, 0.3) is 0 Å². The van der Waals surface area contributed by atoms with E-state index in [4.69, 9.17) is 9.47 Å². The van der Waals surface area contributed by atoms with E-state index in [0.29, 0.717) is 29.4 Å². The van der Waals surface area contributed by atoms with Crippen molar-refractivity contribution in [1.29, 1.82) is 0 Å². The minimum Gasteiger partial charge on any atom is -1.00 e. The molecular formula is C30H33BrFNO4. The van der Waals surface area contributed by atoms with Gasteiger partial charge in [-0.05, 0) is 35.4 Å². The number of rotatable bonds is 9. The molecule has 0 saturated carbocycles. The van der Waals surface area contributed by atoms with E-state index in [2.05, 4.69) is 0 Å². The lowest BCUT2D eigenvalue weighted by atomic mass is 9.82. The van der Waals surface area contributed by atoms with E-state index in [-0.39, 0.29) is 28.9 Å². The molecule has 0 spiro atoms. The van der Waals surface area contributed by atoms with Gasteiger partial charge in [-0.2, -0.15) is 0 Å². The molecule has 196 valence electrons. The Morgan fingerprint density at radius 1 is 0.919 bits per heavy atom. The molecule has 6 rings (SSSR count). The molecule has 37 heavy (non-hydrogen) atoms. The second-order valence-corrected chi connectivity index (χ2v) is 10.1. The Balaban J connectivity index is 0.00000320. The van der Waals surface area contributed by atoms with Gasteiger partial charge in [0.25, 0.3) is 0 Å². The molecule has 3 aliphatic heterocycles. The van der Waals surface area contributed by atoms with Crippen LogP contribution in [0.3, 0.4) is 0 Å². The number of quaternary nitrogens is 1. The van der Waals surface area contributed by atoms with Crippen molar-refractivity contribution in [3.05, 3.63) is 102 Å². The third-order valence-corrected chi connectivity index (χ3v) is 7.84. The van der Waals surface area contributed by atoms with Crippen LogP contribution in [0.1, 0.15) is 30.4 Å². The molecule has 3 aliphatic rings. The lowest BCUT2D eigenvalue weighted by Gasteiger charge is -2.52. The maximum absolute atomic E-state index is 13.6. The lowest BCUT2D eigenvalue weighted by Crippen LogP contribution is -3.00. The highest BCUT2D eigenvalue weighted by molar-refractivity contribution is 5.85. The maximum atomic E-state index is 13.6. The van der Waals surface area contributed by atoms with Gasteiger partial charge in [-0.15, -0.1) is 0 Å². The second-order valence-electron chi connectivity index (χ2n) is 10.1. The van der Waals surface area contributed by atoms with Crippen LogP contribution in [-0.2, 0) is 15.1 Å². The maximum Gasteiger partial charge on any atom is 0.348 e. The van der Waals surface area contributed by atoms with Gasteiger partial charge in [-0.1, -0.05) is 60.7 Å². The number of fused-ring (bicyclic) bond motifs is 3. The summed E-state index contributed by atoms with van der Waals surface area (Å²) in [4.78, 5) is 13.6. The zero-order chi connectivity index (χ0) is 25.0. The van der Waals surface area contributed by atoms with Crippen LogP contribution in [0.4, 0.5) is 4.39 Å². The highest BCUT2D eigenvalue weighted by Crippen LogP contribution is 2.38. The van der Waals surface area contributed by atoms with Gasteiger partial charge in [0.1, 0.15) is 18.1 Å². The van der Waals surface area contributed by atoms with Crippen molar-refractivity contribution in [3.63, 3.8) is 0 Å². The Morgan fingerprint density at radius 3 is 2.05 bits per heavy atom. The van der Waals surface area contributed by atoms with Gasteiger partial charge in [0.05, 0.1) is 26.2 Å². The van der Waals surface area contributed by atoms with Crippen LogP contribution in [-0.4, -0.2) is 54.4 Å². The second kappa shape index (κ2) is 11.8. The molecule has 1 N–H and O–H groups in total. The van der Waals surface area contributed by atoms with Crippen LogP contribution < -0.4 is 21.7 Å². The molecule has 0 amide bonds. The molecule has 3 fully saturated rings. The average molecular weight is 570 g/mol. The Hall–Kier alpha value is -2.74. The van der Waals surface area contributed by atoms with Crippen molar-refractivity contribution < 1.29 is 45.2 Å². The summed E-state index contributed by atoms with van der Waals surface area (Å²) in [7, 11) is 0. The van der Waals surface area contributed by atoms with E-state index in [0.717, 1.165) is 49.9 Å². The molecule has 3 aromatic rings. The lowest BCUT2D eigenvalue weighted by molar-refractivity contribution is -0.946. The molecule has 2 bridgehead atoms. The Morgan fingerprint density at radius 2 is 1.49 bits per heavy atom. The first-order chi connectivity index (χ1) is 17.5. The number of aliphatic hydroxyl groups is 1. The number of hydrogen-bond acceptors (Lipinski definition) is 4. The summed E-state index contributed by atoms with van der Waals surface area (Å²) in [6.45, 7) is 4.38. The van der Waals surface area contributed by atoms with Gasteiger partial charge in [0, 0.05) is 25.2 Å². The minimum absolute atomic E-state index is 0. The Bertz CT molecular complexity index is 1110. The van der Waals surface area contributed by atoms with Gasteiger partial charge < -0.3 is 36.0 Å². The molecule has 0 radical (unpaired) electrons. The zero-order valence-electron chi connectivity index (χ0n) is 20.8. The van der Waals surface area contributed by atoms with Gasteiger partial charge in [0.15, 0.2) is 6.10 Å². The topological polar surface area (TPSA) is 55.8 Å². The van der Waals surface area contributed by atoms with Crippen LogP contribution >= 0.6 is 0 Å². The van der Waals surface area contributed by atoms with Crippen LogP contribution in [0, 0.1) is 11.7 Å². The summed E-state index contributed by atoms with van der Waals surface area (Å²) in [6, 6.07) is 24.1. The molecule has 3 heterocycles. The fraction of sp³-hybridized carbons (Fsp3) is 0.367. The van der Waals surface area contributed by atoms with Crippen molar-refractivity contribution in [2.45, 2.75) is 31.0 Å². The van der Waals surface area contributed by atoms with Gasteiger partial charge in [-0.3, -0.25) is 0 Å². The molecule has 7 heteroatoms. The van der Waals surface area contributed by atoms with E-state index in [1.165, 1.54) is 12.1 Å². The van der Waals surface area contributed by atoms with Crippen molar-refractivity contribution in [1.82, 2.24) is 0 Å². The van der Waals surface area contributed by atoms with E-state index >= 15 is 0 Å². The number of halogens is 2. The zero-order valence-corrected chi connectivity index (χ0v) is 22.4. The first-order valence-corrected chi connectivity index (χ1v) is 12.8. The van der Waals surface area contributed by atoms with Gasteiger partial charge in [-0.25, -0.2) is 9.18 Å². The highest BCUT2D eigenvalue weighted by atomic mass is 79.9. The van der Waals surface area contributed by atoms with Crippen LogP contribution in [0.15, 0.2) is 84.9 Å². The minimum atomic E-state index is -1.86. The summed E-state index contributed by atoms with van der Waals surface area (Å²) < 4.78 is 25.9. The third kappa shape index (κ3) is 5.89. The summed E-state index contributed by atoms with van der Waals surface area (Å²) >= 11 is 0. The molecule has 1 unspecified atom stereocenters. The summed E-state index contributed by atoms with van der Waals surface area (Å²) in [5.41, 5.74) is -0.851. The summed E-state index contributed by atoms with van der Waals surface area (Å²) in [6.07, 6.45) is 2.65. The molecule has 0 aromatic heterocycles. The van der Waals surface area contributed by atoms with E-state index in [1.54, 1.807) is 36.4 Å². The fourth-order valence-electron chi connectivity index (χ4n) is 5.77. The normalized spacial score (nSPS) is 22.6. The number of nitrogens with zero attached hydrogens (tertiary/aromatic N) is 1. The predicted molar refractivity (Wildman–Crippen MR) is 135 cm³/mol. The van der Waals surface area contributed by atoms with Gasteiger partial charge in [0.2, 0.25) is 5.60 Å². The van der Waals surface area contributed by atoms with Gasteiger partial charge >= 0.3 is 5.97 Å². The first-order valence-electron chi connectivity index (χ1n) is 12.8. The number of piperidine rings is 3. The van der Waals surface area contributed by atoms with E-state index in [9.17, 15) is 14.3 Å². The number of carbonyl (C=O) groups excluding carboxylic acids is 1. The van der Waals surface area contributed by atoms with E-state index < -0.39 is 11.6 Å². The van der Waals surface area contributed by atoms with Crippen molar-refractivity contribution in [2.75, 3.05) is 32.8 Å². The summed E-state index contributed by atoms with van der Waals surface area (Å²) in [5.74, 6) is 0.0993. The molecule has 1 atom stereocenters. The Kier molecular flexibility index (Phi) is 8.67. The largest absolute Gasteiger partial charge is 1.00 e. The number of hydrogen-bond donors (Lipinski definition) is 1. The molecule has 0 aliphatic carbocycles. The molecular weight excluding hydrogens is 537 g/mol. The molecule has 3 aromatic carbocycles. The first kappa shape index (κ1) is 27.3. The van der Waals surface area contributed by atoms with Crippen molar-refractivity contribution in [3.8, 4) is 5.75 Å². The smallest absolute Gasteiger partial charge is 0.348 e. The Labute approximate surface area is 228 Å². The fourth-order valence-corrected chi connectivity index (χ4v) is 5.77. The quantitative estimate of drug-likeness (QED) is 0.242. The van der Waals surface area contributed by atoms with Crippen LogP contribution in [0.2, 0.25) is 0 Å². The van der Waals surface area contributed by atoms with E-state index in [1.807, 2.05) is 36.4 Å². The SMILES string of the molecule is O=C(OC1C[N+]2(CCCOc3ccc(F)cc3)CCC1CC2)C(O)(c1ccccc1)c1ccccc1.[Br-]. The van der Waals surface area contributed by atoms with Crippen LogP contribution in [0.5, 0.6) is 5.75 Å². The average Bonchev–Trinajstić information content (AvgIpc) is 2.93. The van der Waals surface area contributed by atoms with Crippen molar-refractivity contribution in [2.24, 2.45) is 5.92 Å². The number of ether oxygens (including phenoxy) is 2. The molecule has 5 nitrogen and oxygen atoms in total. The number of benzene rings is 3. The monoisotopic (exact) mass is 569 g/mol. The predicted octanol–water partition coefficient (Wildman–Crippen LogP) is 1.69.